The third-order valence-corrected chi connectivity index (χ3v) is 7.81. The lowest BCUT2D eigenvalue weighted by atomic mass is 9.84. The number of anilines is 1. The molecule has 3 heterocycles. The van der Waals surface area contributed by atoms with Gasteiger partial charge in [0.2, 0.25) is 0 Å². The molecule has 2 aromatic heterocycles. The first-order valence-corrected chi connectivity index (χ1v) is 13.6. The Hall–Kier alpha value is -4.22. The van der Waals surface area contributed by atoms with Gasteiger partial charge in [-0.25, -0.2) is 9.78 Å². The van der Waals surface area contributed by atoms with Gasteiger partial charge in [0, 0.05) is 22.8 Å². The van der Waals surface area contributed by atoms with Crippen molar-refractivity contribution in [1.29, 1.82) is 0 Å². The summed E-state index contributed by atoms with van der Waals surface area (Å²) in [7, 11) is 0. The molecular weight excluding hydrogens is 524 g/mol. The highest BCUT2D eigenvalue weighted by Gasteiger charge is 2.38. The van der Waals surface area contributed by atoms with Gasteiger partial charge in [0.05, 0.1) is 34.3 Å². The number of benzene rings is 2. The van der Waals surface area contributed by atoms with Crippen LogP contribution in [0.15, 0.2) is 87.6 Å². The Labute approximate surface area is 225 Å². The zero-order valence-corrected chi connectivity index (χ0v) is 21.8. The molecule has 0 amide bonds. The lowest BCUT2D eigenvalue weighted by Crippen LogP contribution is -2.31. The summed E-state index contributed by atoms with van der Waals surface area (Å²) < 4.78 is 5.44. The van der Waals surface area contributed by atoms with Gasteiger partial charge in [0.15, 0.2) is 5.16 Å². The number of hydrogen-bond acceptors (Lipinski definition) is 9. The number of aromatic amines is 1. The number of thiophene rings is 1. The number of non-ortho nitro benzene ring substituents is 1. The first-order valence-electron chi connectivity index (χ1n) is 11.7. The van der Waals surface area contributed by atoms with E-state index in [-0.39, 0.29) is 17.9 Å². The van der Waals surface area contributed by atoms with Gasteiger partial charge in [-0.1, -0.05) is 60.3 Å². The van der Waals surface area contributed by atoms with Crippen molar-refractivity contribution in [3.63, 3.8) is 0 Å². The SMILES string of the molecule is CCOC(=O)C1=C(c2ccccc2)Nc2nc(SCc3ccc([N+](=O)[O-])cc3)[nH]c(=O)c2C1c1cccs1. The maximum Gasteiger partial charge on any atom is 0.337 e. The fourth-order valence-electron chi connectivity index (χ4n) is 4.23. The van der Waals surface area contributed by atoms with Crippen molar-refractivity contribution in [2.45, 2.75) is 23.8 Å². The first kappa shape index (κ1) is 25.4. The third-order valence-electron chi connectivity index (χ3n) is 5.93. The van der Waals surface area contributed by atoms with Crippen LogP contribution < -0.4 is 10.9 Å². The molecule has 4 aromatic rings. The standard InChI is InChI=1S/C27H22N4O5S2/c1-2-36-26(33)21-20(19-9-6-14-37-19)22-24(28-23(21)17-7-4-3-5-8-17)29-27(30-25(22)32)38-15-16-10-12-18(13-11-16)31(34)35/h3-14,20H,2,15H2,1H3,(H2,28,29,30,32). The zero-order chi connectivity index (χ0) is 26.6. The van der Waals surface area contributed by atoms with E-state index in [0.717, 1.165) is 16.0 Å². The van der Waals surface area contributed by atoms with Gasteiger partial charge in [-0.3, -0.25) is 14.9 Å². The number of nitro benzene ring substituents is 1. The summed E-state index contributed by atoms with van der Waals surface area (Å²) in [6.45, 7) is 1.94. The van der Waals surface area contributed by atoms with Crippen LogP contribution in [0.5, 0.6) is 0 Å². The highest BCUT2D eigenvalue weighted by atomic mass is 32.2. The summed E-state index contributed by atoms with van der Waals surface area (Å²) in [6.07, 6.45) is 0. The van der Waals surface area contributed by atoms with Gasteiger partial charge in [0.25, 0.3) is 11.2 Å². The number of hydrogen-bond donors (Lipinski definition) is 2. The smallest absolute Gasteiger partial charge is 0.337 e. The van der Waals surface area contributed by atoms with E-state index in [4.69, 9.17) is 9.72 Å². The Morgan fingerprint density at radius 3 is 2.55 bits per heavy atom. The minimum atomic E-state index is -0.662. The Bertz CT molecular complexity index is 1570. The van der Waals surface area contributed by atoms with E-state index in [9.17, 15) is 19.7 Å². The Morgan fingerprint density at radius 2 is 1.89 bits per heavy atom. The van der Waals surface area contributed by atoms with Crippen LogP contribution in [0, 0.1) is 10.1 Å². The molecule has 0 bridgehead atoms. The summed E-state index contributed by atoms with van der Waals surface area (Å²) in [4.78, 5) is 45.7. The molecule has 5 rings (SSSR count). The quantitative estimate of drug-likeness (QED) is 0.0966. The molecule has 11 heteroatoms. The number of ether oxygens (including phenoxy) is 1. The van der Waals surface area contributed by atoms with Crippen molar-refractivity contribution >= 4 is 46.3 Å². The van der Waals surface area contributed by atoms with Crippen molar-refractivity contribution < 1.29 is 14.5 Å². The number of esters is 1. The monoisotopic (exact) mass is 546 g/mol. The summed E-state index contributed by atoms with van der Waals surface area (Å²) in [6, 6.07) is 19.4. The molecule has 9 nitrogen and oxygen atoms in total. The average Bonchev–Trinajstić information content (AvgIpc) is 3.46. The number of thioether (sulfide) groups is 1. The number of fused-ring (bicyclic) bond motifs is 1. The molecule has 0 radical (unpaired) electrons. The van der Waals surface area contributed by atoms with Crippen LogP contribution in [-0.2, 0) is 15.3 Å². The molecule has 38 heavy (non-hydrogen) atoms. The van der Waals surface area contributed by atoms with Crippen molar-refractivity contribution in [3.05, 3.63) is 120 Å². The minimum Gasteiger partial charge on any atom is -0.463 e. The predicted octanol–water partition coefficient (Wildman–Crippen LogP) is 5.56. The van der Waals surface area contributed by atoms with Crippen molar-refractivity contribution in [3.8, 4) is 0 Å². The molecule has 0 fully saturated rings. The van der Waals surface area contributed by atoms with E-state index < -0.39 is 16.8 Å². The van der Waals surface area contributed by atoms with Gasteiger partial charge in [-0.15, -0.1) is 11.3 Å². The number of carbonyl (C=O) groups excluding carboxylic acids is 1. The Kier molecular flexibility index (Phi) is 7.38. The summed E-state index contributed by atoms with van der Waals surface area (Å²) in [5.41, 5.74) is 2.51. The normalized spacial score (nSPS) is 14.5. The minimum absolute atomic E-state index is 0.0144. The topological polar surface area (TPSA) is 127 Å². The molecule has 1 atom stereocenters. The molecule has 0 saturated carbocycles. The van der Waals surface area contributed by atoms with Crippen LogP contribution in [-0.4, -0.2) is 27.5 Å². The largest absolute Gasteiger partial charge is 0.463 e. The van der Waals surface area contributed by atoms with Gasteiger partial charge in [-0.05, 0) is 29.5 Å². The summed E-state index contributed by atoms with van der Waals surface area (Å²) >= 11 is 2.75. The zero-order valence-electron chi connectivity index (χ0n) is 20.2. The summed E-state index contributed by atoms with van der Waals surface area (Å²) in [5, 5.41) is 16.5. The van der Waals surface area contributed by atoms with Crippen LogP contribution in [0.25, 0.3) is 5.70 Å². The second kappa shape index (κ2) is 11.0. The first-order chi connectivity index (χ1) is 18.5. The Balaban J connectivity index is 1.57. The second-order valence-electron chi connectivity index (χ2n) is 8.29. The summed E-state index contributed by atoms with van der Waals surface area (Å²) in [5.74, 6) is -0.349. The van der Waals surface area contributed by atoms with Gasteiger partial charge < -0.3 is 15.0 Å². The molecule has 0 aliphatic carbocycles. The van der Waals surface area contributed by atoms with E-state index in [0.29, 0.717) is 33.6 Å². The van der Waals surface area contributed by atoms with Crippen molar-refractivity contribution in [1.82, 2.24) is 9.97 Å². The van der Waals surface area contributed by atoms with Crippen LogP contribution in [0.4, 0.5) is 11.5 Å². The number of H-pyrrole nitrogens is 1. The molecule has 192 valence electrons. The highest BCUT2D eigenvalue weighted by molar-refractivity contribution is 7.98. The molecule has 0 saturated heterocycles. The fourth-order valence-corrected chi connectivity index (χ4v) is 5.89. The van der Waals surface area contributed by atoms with Crippen LogP contribution >= 0.6 is 23.1 Å². The van der Waals surface area contributed by atoms with E-state index in [1.54, 1.807) is 19.1 Å². The molecule has 1 aliphatic heterocycles. The number of nitro groups is 1. The predicted molar refractivity (Wildman–Crippen MR) is 147 cm³/mol. The molecule has 1 aliphatic rings. The molecule has 1 unspecified atom stereocenters. The van der Waals surface area contributed by atoms with E-state index in [2.05, 4.69) is 10.3 Å². The van der Waals surface area contributed by atoms with E-state index >= 15 is 0 Å². The van der Waals surface area contributed by atoms with Crippen LogP contribution in [0.2, 0.25) is 0 Å². The number of nitrogens with one attached hydrogen (secondary N) is 2. The number of aromatic nitrogens is 2. The molecular formula is C27H22N4O5S2. The van der Waals surface area contributed by atoms with Gasteiger partial charge in [-0.2, -0.15) is 0 Å². The van der Waals surface area contributed by atoms with Crippen LogP contribution in [0.1, 0.15) is 34.4 Å². The number of rotatable bonds is 8. The van der Waals surface area contributed by atoms with Crippen molar-refractivity contribution in [2.75, 3.05) is 11.9 Å². The van der Waals surface area contributed by atoms with E-state index in [1.807, 2.05) is 47.8 Å². The molecule has 2 N–H and O–H groups in total. The number of nitrogens with zero attached hydrogens (tertiary/aromatic N) is 2. The van der Waals surface area contributed by atoms with Crippen LogP contribution in [0.3, 0.4) is 0 Å². The molecule has 0 spiro atoms. The Morgan fingerprint density at radius 1 is 1.13 bits per heavy atom. The number of carbonyl (C=O) groups is 1. The molecule has 2 aromatic carbocycles. The van der Waals surface area contributed by atoms with Gasteiger partial charge >= 0.3 is 5.97 Å². The third kappa shape index (κ3) is 5.11. The maximum atomic E-state index is 13.5. The lowest BCUT2D eigenvalue weighted by molar-refractivity contribution is -0.384. The van der Waals surface area contributed by atoms with Crippen molar-refractivity contribution in [2.24, 2.45) is 0 Å². The van der Waals surface area contributed by atoms with Gasteiger partial charge in [0.1, 0.15) is 5.82 Å². The maximum absolute atomic E-state index is 13.5. The van der Waals surface area contributed by atoms with E-state index in [1.165, 1.54) is 35.2 Å². The second-order valence-corrected chi connectivity index (χ2v) is 10.2. The highest BCUT2D eigenvalue weighted by Crippen LogP contribution is 2.44. The average molecular weight is 547 g/mol. The lowest BCUT2D eigenvalue weighted by Gasteiger charge is -2.29. The fraction of sp³-hybridized carbons (Fsp3) is 0.148.